The molecule has 1 aliphatic heterocycles. The lowest BCUT2D eigenvalue weighted by Crippen LogP contribution is -2.42. The average Bonchev–Trinajstić information content (AvgIpc) is 2.54. The Hall–Kier alpha value is -1.67. The zero-order valence-corrected chi connectivity index (χ0v) is 15.3. The first-order chi connectivity index (χ1) is 11.5. The van der Waals surface area contributed by atoms with Gasteiger partial charge < -0.3 is 4.74 Å². The van der Waals surface area contributed by atoms with E-state index in [1.165, 1.54) is 24.2 Å². The molecule has 5 heteroatoms. The summed E-state index contributed by atoms with van der Waals surface area (Å²) in [4.78, 5) is 25.6. The summed E-state index contributed by atoms with van der Waals surface area (Å²) in [5, 5.41) is 9.09. The number of hydrogen-bond acceptors (Lipinski definition) is 4. The highest BCUT2D eigenvalue weighted by molar-refractivity contribution is 6.10. The van der Waals surface area contributed by atoms with Crippen LogP contribution >= 0.6 is 0 Å². The van der Waals surface area contributed by atoms with E-state index in [2.05, 4.69) is 13.8 Å². The fraction of sp³-hybridized carbons (Fsp3) is 0.737. The van der Waals surface area contributed by atoms with Gasteiger partial charge in [0, 0.05) is 19.6 Å². The molecule has 1 rings (SSSR count). The number of imide groups is 1. The van der Waals surface area contributed by atoms with E-state index >= 15 is 0 Å². The molecule has 2 amide bonds. The number of ether oxygens (including phenoxy) is 1. The van der Waals surface area contributed by atoms with Gasteiger partial charge in [-0.25, -0.2) is 0 Å². The third-order valence-corrected chi connectivity index (χ3v) is 4.35. The molecule has 0 aliphatic carbocycles. The number of unbranched alkanes of at least 4 members (excludes halogenated alkanes) is 3. The Labute approximate surface area is 145 Å². The van der Waals surface area contributed by atoms with Crippen LogP contribution in [0.15, 0.2) is 11.1 Å². The molecule has 0 N–H and O–H groups in total. The van der Waals surface area contributed by atoms with Crippen molar-refractivity contribution in [1.82, 2.24) is 4.90 Å². The topological polar surface area (TPSA) is 70.4 Å². The van der Waals surface area contributed by atoms with E-state index in [9.17, 15) is 9.59 Å². The molecule has 0 aromatic heterocycles. The Kier molecular flexibility index (Phi) is 9.33. The summed E-state index contributed by atoms with van der Waals surface area (Å²) in [5.74, 6) is -0.667. The van der Waals surface area contributed by atoms with Crippen molar-refractivity contribution < 1.29 is 14.3 Å². The molecule has 1 atom stereocenters. The molecule has 0 aromatic rings. The van der Waals surface area contributed by atoms with E-state index in [0.717, 1.165) is 25.9 Å². The number of hydrogen-bond donors (Lipinski definition) is 0. The van der Waals surface area contributed by atoms with E-state index in [-0.39, 0.29) is 24.0 Å². The molecule has 0 saturated heterocycles. The second-order valence-corrected chi connectivity index (χ2v) is 6.43. The first-order valence-electron chi connectivity index (χ1n) is 9.11. The Balaban J connectivity index is 2.52. The van der Waals surface area contributed by atoms with E-state index in [4.69, 9.17) is 10.00 Å². The summed E-state index contributed by atoms with van der Waals surface area (Å²) in [7, 11) is 0. The number of nitrogens with zero attached hydrogens (tertiary/aromatic N) is 2. The predicted molar refractivity (Wildman–Crippen MR) is 93.1 cm³/mol. The molecule has 0 radical (unpaired) electrons. The van der Waals surface area contributed by atoms with Crippen molar-refractivity contribution in [3.8, 4) is 6.07 Å². The summed E-state index contributed by atoms with van der Waals surface area (Å²) in [5.41, 5.74) is 0.683. The first-order valence-corrected chi connectivity index (χ1v) is 9.11. The second-order valence-electron chi connectivity index (χ2n) is 6.43. The van der Waals surface area contributed by atoms with Gasteiger partial charge in [-0.05, 0) is 31.8 Å². The van der Waals surface area contributed by atoms with Crippen LogP contribution in [0.5, 0.6) is 0 Å². The van der Waals surface area contributed by atoms with Crippen molar-refractivity contribution in [2.24, 2.45) is 0 Å². The van der Waals surface area contributed by atoms with Crippen LogP contribution in [-0.4, -0.2) is 36.0 Å². The number of nitriles is 1. The van der Waals surface area contributed by atoms with Gasteiger partial charge in [0.25, 0.3) is 5.91 Å². The Morgan fingerprint density at radius 1 is 1.17 bits per heavy atom. The van der Waals surface area contributed by atoms with Crippen LogP contribution < -0.4 is 0 Å². The van der Waals surface area contributed by atoms with Crippen LogP contribution in [0.1, 0.15) is 72.1 Å². The molecule has 0 aromatic carbocycles. The van der Waals surface area contributed by atoms with Gasteiger partial charge in [0.15, 0.2) is 0 Å². The number of carbonyl (C=O) groups is 2. The molecule has 1 unspecified atom stereocenters. The van der Waals surface area contributed by atoms with Crippen LogP contribution in [0.25, 0.3) is 0 Å². The molecule has 1 aliphatic rings. The lowest BCUT2D eigenvalue weighted by molar-refractivity contribution is -0.143. The summed E-state index contributed by atoms with van der Waals surface area (Å²) in [6, 6.07) is 1.93. The highest BCUT2D eigenvalue weighted by Crippen LogP contribution is 2.21. The average molecular weight is 334 g/mol. The molecule has 0 bridgehead atoms. The largest absolute Gasteiger partial charge is 0.378 e. The van der Waals surface area contributed by atoms with Gasteiger partial charge >= 0.3 is 0 Å². The quantitative estimate of drug-likeness (QED) is 0.426. The van der Waals surface area contributed by atoms with E-state index in [1.807, 2.05) is 6.07 Å². The van der Waals surface area contributed by atoms with Crippen molar-refractivity contribution in [2.45, 2.75) is 78.2 Å². The van der Waals surface area contributed by atoms with E-state index in [1.54, 1.807) is 6.92 Å². The molecule has 134 valence electrons. The molecule has 0 spiro atoms. The SMILES string of the molecule is CCCCCCOC(CCC)CCN1C(=O)CC(C)=C(C#N)C1=O. The van der Waals surface area contributed by atoms with Crippen molar-refractivity contribution in [2.75, 3.05) is 13.2 Å². The lowest BCUT2D eigenvalue weighted by atomic mass is 10.0. The lowest BCUT2D eigenvalue weighted by Gasteiger charge is -2.27. The Morgan fingerprint density at radius 3 is 2.54 bits per heavy atom. The maximum absolute atomic E-state index is 12.3. The van der Waals surface area contributed by atoms with Crippen molar-refractivity contribution in [3.05, 3.63) is 11.1 Å². The monoisotopic (exact) mass is 334 g/mol. The number of rotatable bonds is 11. The van der Waals surface area contributed by atoms with Crippen molar-refractivity contribution in [1.29, 1.82) is 5.26 Å². The van der Waals surface area contributed by atoms with Gasteiger partial charge in [-0.1, -0.05) is 39.5 Å². The predicted octanol–water partition coefficient (Wildman–Crippen LogP) is 3.74. The van der Waals surface area contributed by atoms with Gasteiger partial charge in [0.2, 0.25) is 5.91 Å². The van der Waals surface area contributed by atoms with Gasteiger partial charge in [-0.15, -0.1) is 0 Å². The number of carbonyl (C=O) groups excluding carboxylic acids is 2. The summed E-state index contributed by atoms with van der Waals surface area (Å²) in [6.45, 7) is 7.01. The molecule has 5 nitrogen and oxygen atoms in total. The van der Waals surface area contributed by atoms with E-state index in [0.29, 0.717) is 18.5 Å². The van der Waals surface area contributed by atoms with Gasteiger partial charge in [0.05, 0.1) is 6.10 Å². The fourth-order valence-corrected chi connectivity index (χ4v) is 2.90. The summed E-state index contributed by atoms with van der Waals surface area (Å²) in [6.07, 6.45) is 7.43. The normalized spacial score (nSPS) is 16.5. The maximum Gasteiger partial charge on any atom is 0.271 e. The smallest absolute Gasteiger partial charge is 0.271 e. The number of amides is 2. The minimum Gasteiger partial charge on any atom is -0.378 e. The van der Waals surface area contributed by atoms with Gasteiger partial charge in [-0.3, -0.25) is 14.5 Å². The van der Waals surface area contributed by atoms with Crippen LogP contribution in [0.4, 0.5) is 0 Å². The second kappa shape index (κ2) is 11.0. The molecular formula is C19H30N2O3. The molecule has 24 heavy (non-hydrogen) atoms. The molecule has 1 heterocycles. The third kappa shape index (κ3) is 6.09. The van der Waals surface area contributed by atoms with Crippen molar-refractivity contribution >= 4 is 11.8 Å². The van der Waals surface area contributed by atoms with Gasteiger partial charge in [0.1, 0.15) is 11.6 Å². The first kappa shape index (κ1) is 20.4. The Bertz CT molecular complexity index is 505. The standard InChI is InChI=1S/C19H30N2O3/c1-4-6-7-8-12-24-16(9-5-2)10-11-21-18(22)13-15(3)17(14-20)19(21)23/h16H,4-13H2,1-3H3. The van der Waals surface area contributed by atoms with E-state index < -0.39 is 5.91 Å². The van der Waals surface area contributed by atoms with Crippen LogP contribution in [0.2, 0.25) is 0 Å². The zero-order chi connectivity index (χ0) is 17.9. The van der Waals surface area contributed by atoms with Crippen molar-refractivity contribution in [3.63, 3.8) is 0 Å². The third-order valence-electron chi connectivity index (χ3n) is 4.35. The zero-order valence-electron chi connectivity index (χ0n) is 15.3. The minimum absolute atomic E-state index is 0.0646. The van der Waals surface area contributed by atoms with Crippen LogP contribution in [0, 0.1) is 11.3 Å². The maximum atomic E-state index is 12.3. The highest BCUT2D eigenvalue weighted by Gasteiger charge is 2.31. The molecular weight excluding hydrogens is 304 g/mol. The molecule has 0 saturated carbocycles. The summed E-state index contributed by atoms with van der Waals surface area (Å²) < 4.78 is 5.94. The fourth-order valence-electron chi connectivity index (χ4n) is 2.90. The Morgan fingerprint density at radius 2 is 1.92 bits per heavy atom. The van der Waals surface area contributed by atoms with Crippen LogP contribution in [-0.2, 0) is 14.3 Å². The highest BCUT2D eigenvalue weighted by atomic mass is 16.5. The molecule has 0 fully saturated rings. The summed E-state index contributed by atoms with van der Waals surface area (Å²) >= 11 is 0. The minimum atomic E-state index is -0.454. The van der Waals surface area contributed by atoms with Gasteiger partial charge in [-0.2, -0.15) is 5.26 Å². The van der Waals surface area contributed by atoms with Crippen LogP contribution in [0.3, 0.4) is 0 Å².